The van der Waals surface area contributed by atoms with Crippen molar-refractivity contribution in [1.29, 1.82) is 0 Å². The maximum Gasteiger partial charge on any atom is 0.285 e. The molecule has 3 aromatic rings. The lowest BCUT2D eigenvalue weighted by molar-refractivity contribution is 0.0977. The van der Waals surface area contributed by atoms with E-state index in [9.17, 15) is 17.6 Å². The molecule has 0 aliphatic heterocycles. The lowest BCUT2D eigenvalue weighted by atomic mass is 10.3. The Morgan fingerprint density at radius 3 is 2.39 bits per heavy atom. The number of aromatic nitrogens is 2. The number of benzene rings is 2. The van der Waals surface area contributed by atoms with Gasteiger partial charge in [-0.05, 0) is 37.3 Å². The first-order valence-electron chi connectivity index (χ1n) is 7.62. The van der Waals surface area contributed by atoms with Gasteiger partial charge < -0.3 is 4.57 Å². The first kappa shape index (κ1) is 20.6. The predicted molar refractivity (Wildman–Crippen MR) is 104 cm³/mol. The van der Waals surface area contributed by atoms with Crippen molar-refractivity contribution in [3.63, 3.8) is 0 Å². The molecule has 1 aromatic heterocycles. The van der Waals surface area contributed by atoms with Crippen LogP contribution in [0, 0.1) is 12.7 Å². The van der Waals surface area contributed by atoms with Crippen LogP contribution in [-0.2, 0) is 10.0 Å². The number of carbonyl (C=O) groups is 1. The first-order chi connectivity index (χ1) is 13.1. The fourth-order valence-corrected chi connectivity index (χ4v) is 4.81. The highest BCUT2D eigenvalue weighted by Gasteiger charge is 2.26. The van der Waals surface area contributed by atoms with Crippen LogP contribution in [-0.4, -0.2) is 23.9 Å². The fraction of sp³-hybridized carbons (Fsp3) is 0.0588. The average Bonchev–Trinajstić information content (AvgIpc) is 2.95. The van der Waals surface area contributed by atoms with Crippen LogP contribution in [0.4, 0.5) is 4.39 Å². The third kappa shape index (κ3) is 4.15. The number of rotatable bonds is 4. The zero-order valence-electron chi connectivity index (χ0n) is 14.1. The molecule has 6 nitrogen and oxygen atoms in total. The molecule has 0 spiro atoms. The number of carbonyl (C=O) groups excluding carboxylic acids is 1. The van der Waals surface area contributed by atoms with Crippen molar-refractivity contribution in [2.24, 2.45) is 0 Å². The Hall–Kier alpha value is -2.13. The van der Waals surface area contributed by atoms with Gasteiger partial charge in [-0.25, -0.2) is 22.5 Å². The molecule has 0 bridgehead atoms. The summed E-state index contributed by atoms with van der Waals surface area (Å²) in [5, 5.41) is -0.113. The fourth-order valence-electron chi connectivity index (χ4n) is 2.49. The number of sulfonamides is 1. The third-order valence-electron chi connectivity index (χ3n) is 3.66. The highest BCUT2D eigenvalue weighted by molar-refractivity contribution is 7.90. The summed E-state index contributed by atoms with van der Waals surface area (Å²) in [5.41, 5.74) is 0.121. The first-order valence-corrected chi connectivity index (χ1v) is 10.2. The lowest BCUT2D eigenvalue weighted by Crippen LogP contribution is -2.31. The van der Waals surface area contributed by atoms with Crippen LogP contribution in [0.25, 0.3) is 5.69 Å². The third-order valence-corrected chi connectivity index (χ3v) is 6.16. The predicted octanol–water partition coefficient (Wildman–Crippen LogP) is 4.40. The summed E-state index contributed by atoms with van der Waals surface area (Å²) in [5.74, 6) is -1.25. The number of nitrogens with one attached hydrogen (secondary N) is 1. The van der Waals surface area contributed by atoms with E-state index in [-0.39, 0.29) is 20.8 Å². The molecular weight excluding hydrogens is 452 g/mol. The maximum atomic E-state index is 13.6. The maximum absolute atomic E-state index is 13.6. The van der Waals surface area contributed by atoms with Gasteiger partial charge in [-0.1, -0.05) is 40.9 Å². The monoisotopic (exact) mass is 461 g/mol. The van der Waals surface area contributed by atoms with Gasteiger partial charge in [0.1, 0.15) is 22.2 Å². The SMILES string of the molecule is Cc1nc(C(=O)NS(=O)(=O)c2c(Cl)cccc2Cl)cn1-c1cc(F)cc(Cl)c1. The second-order valence-corrected chi connectivity index (χ2v) is 8.53. The number of hydrogen-bond acceptors (Lipinski definition) is 4. The molecule has 2 aromatic carbocycles. The standard InChI is InChI=1S/C17H11Cl3FN3O3S/c1-9-22-15(8-24(9)12-6-10(18)5-11(21)7-12)17(25)23-28(26,27)16-13(19)3-2-4-14(16)20/h2-8H,1H3,(H,23,25). The number of amides is 1. The minimum Gasteiger partial charge on any atom is -0.303 e. The number of aryl methyl sites for hydroxylation is 1. The quantitative estimate of drug-likeness (QED) is 0.623. The van der Waals surface area contributed by atoms with E-state index in [1.54, 1.807) is 6.92 Å². The second-order valence-electron chi connectivity index (χ2n) is 5.66. The van der Waals surface area contributed by atoms with Crippen LogP contribution in [0.2, 0.25) is 15.1 Å². The van der Waals surface area contributed by atoms with Gasteiger partial charge in [0.25, 0.3) is 15.9 Å². The van der Waals surface area contributed by atoms with Gasteiger partial charge >= 0.3 is 0 Å². The minimum atomic E-state index is -4.34. The molecule has 1 amide bonds. The Bertz CT molecular complexity index is 1160. The second kappa shape index (κ2) is 7.71. The van der Waals surface area contributed by atoms with E-state index in [1.807, 2.05) is 4.72 Å². The summed E-state index contributed by atoms with van der Waals surface area (Å²) >= 11 is 17.6. The molecule has 1 N–H and O–H groups in total. The summed E-state index contributed by atoms with van der Waals surface area (Å²) in [7, 11) is -4.34. The van der Waals surface area contributed by atoms with Crippen molar-refractivity contribution in [2.75, 3.05) is 0 Å². The molecule has 0 saturated heterocycles. The number of hydrogen-bond donors (Lipinski definition) is 1. The molecule has 0 atom stereocenters. The van der Waals surface area contributed by atoms with Crippen molar-refractivity contribution in [2.45, 2.75) is 11.8 Å². The lowest BCUT2D eigenvalue weighted by Gasteiger charge is -2.09. The van der Waals surface area contributed by atoms with E-state index in [4.69, 9.17) is 34.8 Å². The average molecular weight is 463 g/mol. The van der Waals surface area contributed by atoms with Gasteiger partial charge in [-0.2, -0.15) is 0 Å². The van der Waals surface area contributed by atoms with Crippen LogP contribution in [0.5, 0.6) is 0 Å². The highest BCUT2D eigenvalue weighted by Crippen LogP contribution is 2.29. The van der Waals surface area contributed by atoms with Crippen molar-refractivity contribution in [3.05, 3.63) is 75.0 Å². The van der Waals surface area contributed by atoms with Crippen LogP contribution < -0.4 is 4.72 Å². The van der Waals surface area contributed by atoms with Crippen molar-refractivity contribution in [1.82, 2.24) is 14.3 Å². The summed E-state index contributed by atoms with van der Waals surface area (Å²) in [4.78, 5) is 16.0. The molecule has 146 valence electrons. The van der Waals surface area contributed by atoms with Crippen LogP contribution >= 0.6 is 34.8 Å². The van der Waals surface area contributed by atoms with E-state index in [2.05, 4.69) is 4.98 Å². The molecular formula is C17H11Cl3FN3O3S. The molecule has 11 heteroatoms. The van der Waals surface area contributed by atoms with E-state index in [1.165, 1.54) is 41.1 Å². The van der Waals surface area contributed by atoms with Crippen molar-refractivity contribution < 1.29 is 17.6 Å². The Labute approximate surface area is 174 Å². The molecule has 28 heavy (non-hydrogen) atoms. The van der Waals surface area contributed by atoms with Gasteiger partial charge in [-0.15, -0.1) is 0 Å². The Morgan fingerprint density at radius 2 is 1.79 bits per heavy atom. The number of nitrogens with zero attached hydrogens (tertiary/aromatic N) is 2. The molecule has 0 unspecified atom stereocenters. The topological polar surface area (TPSA) is 81.1 Å². The Balaban J connectivity index is 1.94. The smallest absolute Gasteiger partial charge is 0.285 e. The van der Waals surface area contributed by atoms with E-state index < -0.39 is 26.6 Å². The molecule has 0 saturated carbocycles. The Morgan fingerprint density at radius 1 is 1.14 bits per heavy atom. The van der Waals surface area contributed by atoms with Crippen molar-refractivity contribution >= 4 is 50.7 Å². The molecule has 0 aliphatic carbocycles. The molecule has 0 aliphatic rings. The number of imidazole rings is 1. The summed E-state index contributed by atoms with van der Waals surface area (Å²) in [6, 6.07) is 7.94. The minimum absolute atomic E-state index is 0.135. The van der Waals surface area contributed by atoms with Crippen LogP contribution in [0.1, 0.15) is 16.3 Å². The highest BCUT2D eigenvalue weighted by atomic mass is 35.5. The van der Waals surface area contributed by atoms with Gasteiger partial charge in [0.2, 0.25) is 0 Å². The van der Waals surface area contributed by atoms with E-state index in [0.29, 0.717) is 11.5 Å². The van der Waals surface area contributed by atoms with E-state index >= 15 is 0 Å². The molecule has 0 fully saturated rings. The summed E-state index contributed by atoms with van der Waals surface area (Å²) < 4.78 is 41.9. The largest absolute Gasteiger partial charge is 0.303 e. The van der Waals surface area contributed by atoms with Gasteiger partial charge in [0.15, 0.2) is 0 Å². The van der Waals surface area contributed by atoms with Gasteiger partial charge in [0.05, 0.1) is 15.7 Å². The number of halogens is 4. The van der Waals surface area contributed by atoms with E-state index in [0.717, 1.165) is 6.07 Å². The summed E-state index contributed by atoms with van der Waals surface area (Å²) in [6.45, 7) is 1.56. The zero-order chi connectivity index (χ0) is 20.6. The Kier molecular flexibility index (Phi) is 5.67. The molecule has 0 radical (unpaired) electrons. The molecule has 3 rings (SSSR count). The van der Waals surface area contributed by atoms with Gasteiger partial charge in [-0.3, -0.25) is 4.79 Å². The van der Waals surface area contributed by atoms with Crippen LogP contribution in [0.15, 0.2) is 47.5 Å². The normalized spacial score (nSPS) is 11.5. The zero-order valence-corrected chi connectivity index (χ0v) is 17.2. The van der Waals surface area contributed by atoms with Gasteiger partial charge in [0, 0.05) is 11.2 Å². The summed E-state index contributed by atoms with van der Waals surface area (Å²) in [6.07, 6.45) is 1.26. The van der Waals surface area contributed by atoms with Crippen LogP contribution in [0.3, 0.4) is 0 Å². The van der Waals surface area contributed by atoms with Crippen molar-refractivity contribution in [3.8, 4) is 5.69 Å². The molecule has 1 heterocycles.